The summed E-state index contributed by atoms with van der Waals surface area (Å²) in [7, 11) is 0. The molecule has 0 aromatic rings. The van der Waals surface area contributed by atoms with Crippen LogP contribution in [0.2, 0.25) is 0 Å². The van der Waals surface area contributed by atoms with Gasteiger partial charge >= 0.3 is 5.97 Å². The number of nitrogens with zero attached hydrogens (tertiary/aromatic N) is 2. The molecule has 0 atom stereocenters. The molecule has 1 heterocycles. The highest BCUT2D eigenvalue weighted by Gasteiger charge is 2.11. The van der Waals surface area contributed by atoms with Crippen LogP contribution in [0, 0.1) is 0 Å². The summed E-state index contributed by atoms with van der Waals surface area (Å²) < 4.78 is 0. The van der Waals surface area contributed by atoms with Crippen molar-refractivity contribution in [1.29, 1.82) is 0 Å². The molecule has 0 spiro atoms. The molecular formula is C22H42N2O2. The van der Waals surface area contributed by atoms with E-state index in [1.54, 1.807) is 6.34 Å². The number of hydrogen-bond donors (Lipinski definition) is 0. The Morgan fingerprint density at radius 3 is 1.69 bits per heavy atom. The van der Waals surface area contributed by atoms with Crippen molar-refractivity contribution in [3.05, 3.63) is 0 Å². The topological polar surface area (TPSA) is 41.9 Å². The number of aliphatic imine (C=N–C) groups is 1. The van der Waals surface area contributed by atoms with Crippen molar-refractivity contribution in [2.75, 3.05) is 13.1 Å². The van der Waals surface area contributed by atoms with Gasteiger partial charge in [0.05, 0.1) is 13.1 Å². The van der Waals surface area contributed by atoms with Gasteiger partial charge in [0.1, 0.15) is 6.34 Å². The Kier molecular flexibility index (Phi) is 15.3. The Labute approximate surface area is 161 Å². The van der Waals surface area contributed by atoms with Crippen LogP contribution in [0.15, 0.2) is 4.99 Å². The van der Waals surface area contributed by atoms with Crippen molar-refractivity contribution in [2.45, 2.75) is 116 Å². The number of rotatable bonds is 18. The van der Waals surface area contributed by atoms with Crippen molar-refractivity contribution >= 4 is 12.3 Å². The molecule has 4 nitrogen and oxygen atoms in total. The average molecular weight is 367 g/mol. The Morgan fingerprint density at radius 1 is 0.808 bits per heavy atom. The first-order chi connectivity index (χ1) is 12.8. The van der Waals surface area contributed by atoms with Crippen LogP contribution in [0.25, 0.3) is 0 Å². The molecule has 0 bridgehead atoms. The van der Waals surface area contributed by atoms with Crippen molar-refractivity contribution in [1.82, 2.24) is 5.06 Å². The molecule has 0 unspecified atom stereocenters. The van der Waals surface area contributed by atoms with E-state index >= 15 is 0 Å². The predicted molar refractivity (Wildman–Crippen MR) is 110 cm³/mol. The third-order valence-corrected chi connectivity index (χ3v) is 5.11. The molecule has 0 aliphatic carbocycles. The van der Waals surface area contributed by atoms with E-state index in [2.05, 4.69) is 11.9 Å². The molecule has 0 radical (unpaired) electrons. The zero-order valence-corrected chi connectivity index (χ0v) is 17.2. The maximum Gasteiger partial charge on any atom is 0.332 e. The summed E-state index contributed by atoms with van der Waals surface area (Å²) in [4.78, 5) is 20.8. The van der Waals surface area contributed by atoms with Crippen molar-refractivity contribution in [3.63, 3.8) is 0 Å². The third kappa shape index (κ3) is 14.1. The molecule has 0 aromatic heterocycles. The van der Waals surface area contributed by atoms with E-state index in [0.29, 0.717) is 13.0 Å². The lowest BCUT2D eigenvalue weighted by Gasteiger charge is -2.12. The van der Waals surface area contributed by atoms with Gasteiger partial charge in [-0.05, 0) is 6.42 Å². The highest BCUT2D eigenvalue weighted by molar-refractivity contribution is 5.70. The number of carbonyl (C=O) groups excluding carboxylic acids is 1. The zero-order chi connectivity index (χ0) is 18.7. The highest BCUT2D eigenvalue weighted by Crippen LogP contribution is 2.14. The second kappa shape index (κ2) is 17.4. The summed E-state index contributed by atoms with van der Waals surface area (Å²) in [6.45, 7) is 3.71. The first-order valence-corrected chi connectivity index (χ1v) is 11.3. The van der Waals surface area contributed by atoms with Crippen LogP contribution in [0.1, 0.15) is 116 Å². The normalized spacial score (nSPS) is 13.5. The molecule has 0 saturated carbocycles. The molecule has 0 amide bonds. The van der Waals surface area contributed by atoms with Gasteiger partial charge in [-0.25, -0.2) is 4.79 Å². The fraction of sp³-hybridized carbons (Fsp3) is 0.909. The van der Waals surface area contributed by atoms with E-state index in [1.165, 1.54) is 95.0 Å². The number of carbonyl (C=O) groups is 1. The standard InChI is InChI=1S/C22H42N2O2/c1-2-3-4-5-6-7-8-9-10-11-12-13-14-15-16-17-18-22(25)26-24-20-19-23-21-24/h21H,2-20H2,1H3. The van der Waals surface area contributed by atoms with Crippen LogP contribution in [0.3, 0.4) is 0 Å². The molecule has 152 valence electrons. The minimum Gasteiger partial charge on any atom is -0.340 e. The lowest BCUT2D eigenvalue weighted by atomic mass is 10.0. The largest absolute Gasteiger partial charge is 0.340 e. The molecule has 26 heavy (non-hydrogen) atoms. The van der Waals surface area contributed by atoms with E-state index in [9.17, 15) is 4.79 Å². The number of hydroxylamine groups is 2. The van der Waals surface area contributed by atoms with E-state index in [-0.39, 0.29) is 5.97 Å². The van der Waals surface area contributed by atoms with Gasteiger partial charge in [0, 0.05) is 6.42 Å². The molecule has 4 heteroatoms. The lowest BCUT2D eigenvalue weighted by Crippen LogP contribution is -2.24. The molecule has 0 saturated heterocycles. The quantitative estimate of drug-likeness (QED) is 0.262. The van der Waals surface area contributed by atoms with Gasteiger partial charge in [0.15, 0.2) is 0 Å². The Hall–Kier alpha value is -1.06. The van der Waals surface area contributed by atoms with Crippen LogP contribution < -0.4 is 0 Å². The fourth-order valence-corrected chi connectivity index (χ4v) is 3.43. The predicted octanol–water partition coefficient (Wildman–Crippen LogP) is 6.44. The summed E-state index contributed by atoms with van der Waals surface area (Å²) in [6, 6.07) is 0. The van der Waals surface area contributed by atoms with Crippen LogP contribution in [0.4, 0.5) is 0 Å². The van der Waals surface area contributed by atoms with Gasteiger partial charge in [0.25, 0.3) is 0 Å². The maximum atomic E-state index is 11.6. The molecule has 1 aliphatic heterocycles. The smallest absolute Gasteiger partial charge is 0.332 e. The van der Waals surface area contributed by atoms with Crippen LogP contribution >= 0.6 is 0 Å². The van der Waals surface area contributed by atoms with Crippen molar-refractivity contribution in [3.8, 4) is 0 Å². The van der Waals surface area contributed by atoms with E-state index in [1.807, 2.05) is 0 Å². The van der Waals surface area contributed by atoms with Gasteiger partial charge in [-0.2, -0.15) is 5.06 Å². The van der Waals surface area contributed by atoms with Crippen LogP contribution in [-0.2, 0) is 9.63 Å². The summed E-state index contributed by atoms with van der Waals surface area (Å²) in [6.07, 6.45) is 23.7. The molecule has 0 N–H and O–H groups in total. The van der Waals surface area contributed by atoms with Gasteiger partial charge in [-0.15, -0.1) is 0 Å². The Morgan fingerprint density at radius 2 is 1.27 bits per heavy atom. The number of hydrogen-bond acceptors (Lipinski definition) is 4. The van der Waals surface area contributed by atoms with Gasteiger partial charge in [0.2, 0.25) is 0 Å². The molecule has 1 aliphatic rings. The molecule has 1 rings (SSSR count). The summed E-state index contributed by atoms with van der Waals surface area (Å²) in [5.74, 6) is -0.122. The zero-order valence-electron chi connectivity index (χ0n) is 17.2. The van der Waals surface area contributed by atoms with Crippen molar-refractivity contribution in [2.24, 2.45) is 4.99 Å². The number of unbranched alkanes of at least 4 members (excludes halogenated alkanes) is 15. The lowest BCUT2D eigenvalue weighted by molar-refractivity contribution is -0.170. The highest BCUT2D eigenvalue weighted by atomic mass is 16.7. The maximum absolute atomic E-state index is 11.6. The van der Waals surface area contributed by atoms with E-state index in [0.717, 1.165) is 19.4 Å². The first kappa shape index (κ1) is 23.0. The summed E-state index contributed by atoms with van der Waals surface area (Å²) in [5.41, 5.74) is 0. The monoisotopic (exact) mass is 366 g/mol. The fourth-order valence-electron chi connectivity index (χ4n) is 3.43. The second-order valence-electron chi connectivity index (χ2n) is 7.68. The SMILES string of the molecule is CCCCCCCCCCCCCCCCCCC(=O)ON1C=NCC1. The first-order valence-electron chi connectivity index (χ1n) is 11.3. The Balaban J connectivity index is 1.70. The second-order valence-corrected chi connectivity index (χ2v) is 7.68. The summed E-state index contributed by atoms with van der Waals surface area (Å²) >= 11 is 0. The van der Waals surface area contributed by atoms with Crippen LogP contribution in [0.5, 0.6) is 0 Å². The minimum absolute atomic E-state index is 0.122. The average Bonchev–Trinajstić information content (AvgIpc) is 3.14. The van der Waals surface area contributed by atoms with Gasteiger partial charge in [-0.3, -0.25) is 4.99 Å². The molecule has 0 aromatic carbocycles. The minimum atomic E-state index is -0.122. The molecule has 0 fully saturated rings. The molecular weight excluding hydrogens is 324 g/mol. The van der Waals surface area contributed by atoms with Gasteiger partial charge < -0.3 is 4.84 Å². The van der Waals surface area contributed by atoms with E-state index < -0.39 is 0 Å². The third-order valence-electron chi connectivity index (χ3n) is 5.11. The Bertz CT molecular complexity index is 358. The van der Waals surface area contributed by atoms with Crippen molar-refractivity contribution < 1.29 is 9.63 Å². The van der Waals surface area contributed by atoms with E-state index in [4.69, 9.17) is 4.84 Å². The summed E-state index contributed by atoms with van der Waals surface area (Å²) in [5, 5.41) is 1.54. The van der Waals surface area contributed by atoms with Gasteiger partial charge in [-0.1, -0.05) is 103 Å². The van der Waals surface area contributed by atoms with Crippen LogP contribution in [-0.4, -0.2) is 30.5 Å².